The van der Waals surface area contributed by atoms with Crippen molar-refractivity contribution in [2.45, 2.75) is 53.4 Å². The fourth-order valence-corrected chi connectivity index (χ4v) is 6.89. The molecule has 0 bridgehead atoms. The number of rotatable bonds is 6. The summed E-state index contributed by atoms with van der Waals surface area (Å²) in [6.45, 7) is 2.83. The maximum Gasteiger partial charge on any atom is 0.416 e. The molecule has 0 atom stereocenters. The van der Waals surface area contributed by atoms with Gasteiger partial charge in [0.1, 0.15) is 5.82 Å². The van der Waals surface area contributed by atoms with Crippen molar-refractivity contribution in [3.05, 3.63) is 58.9 Å². The largest absolute Gasteiger partial charge is 0.416 e. The fourth-order valence-electron chi connectivity index (χ4n) is 3.58. The standard InChI is InChI=1S/C20H20ClF4NO4S2/c1-19(2,31(27,28)15-5-3-4-12(10-15)20(23,24)25)13-8-14(9-13)26-32(29,30)16-6-7-18(22)17(21)11-16/h3-7,10-11,13-14,26H,8-9H2,1-2H3. The maximum absolute atomic E-state index is 13.3. The fraction of sp³-hybridized carbons (Fsp3) is 0.400. The van der Waals surface area contributed by atoms with Gasteiger partial charge in [0.05, 0.1) is 25.1 Å². The van der Waals surface area contributed by atoms with Crippen LogP contribution in [0.2, 0.25) is 5.02 Å². The molecule has 1 N–H and O–H groups in total. The Morgan fingerprint density at radius 1 is 0.969 bits per heavy atom. The van der Waals surface area contributed by atoms with Gasteiger partial charge in [-0.15, -0.1) is 0 Å². The molecule has 0 unspecified atom stereocenters. The van der Waals surface area contributed by atoms with Crippen molar-refractivity contribution in [1.82, 2.24) is 4.72 Å². The Kier molecular flexibility index (Phi) is 6.44. The first-order chi connectivity index (χ1) is 14.6. The van der Waals surface area contributed by atoms with Gasteiger partial charge >= 0.3 is 6.18 Å². The topological polar surface area (TPSA) is 80.3 Å². The molecule has 2 aromatic carbocycles. The van der Waals surface area contributed by atoms with Gasteiger partial charge in [0, 0.05) is 6.04 Å². The monoisotopic (exact) mass is 513 g/mol. The predicted molar refractivity (Wildman–Crippen MR) is 111 cm³/mol. The Bertz CT molecular complexity index is 1240. The molecule has 2 aromatic rings. The SMILES string of the molecule is CC(C)(C1CC(NS(=O)(=O)c2ccc(F)c(Cl)c2)C1)S(=O)(=O)c1cccc(C(F)(F)F)c1. The highest BCUT2D eigenvalue weighted by atomic mass is 35.5. The number of sulfonamides is 1. The third-order valence-corrected chi connectivity index (χ3v) is 10.2. The lowest BCUT2D eigenvalue weighted by molar-refractivity contribution is -0.137. The van der Waals surface area contributed by atoms with E-state index in [2.05, 4.69) is 4.72 Å². The van der Waals surface area contributed by atoms with E-state index in [0.29, 0.717) is 6.07 Å². The highest BCUT2D eigenvalue weighted by molar-refractivity contribution is 7.92. The molecule has 0 heterocycles. The van der Waals surface area contributed by atoms with Crippen LogP contribution in [0.4, 0.5) is 17.6 Å². The normalized spacial score (nSPS) is 20.1. The molecule has 1 aliphatic rings. The summed E-state index contributed by atoms with van der Waals surface area (Å²) >= 11 is 5.63. The Hall–Kier alpha value is -1.69. The smallest absolute Gasteiger partial charge is 0.223 e. The summed E-state index contributed by atoms with van der Waals surface area (Å²) in [6, 6.07) is 5.92. The average molecular weight is 514 g/mol. The third-order valence-electron chi connectivity index (χ3n) is 5.81. The van der Waals surface area contributed by atoms with E-state index in [-0.39, 0.29) is 22.8 Å². The zero-order valence-electron chi connectivity index (χ0n) is 16.9. The lowest BCUT2D eigenvalue weighted by atomic mass is 9.73. The third kappa shape index (κ3) is 4.66. The Morgan fingerprint density at radius 2 is 1.59 bits per heavy atom. The summed E-state index contributed by atoms with van der Waals surface area (Å²) in [6.07, 6.45) is -4.35. The lowest BCUT2D eigenvalue weighted by Gasteiger charge is -2.44. The summed E-state index contributed by atoms with van der Waals surface area (Å²) in [7, 11) is -8.16. The van der Waals surface area contributed by atoms with Crippen LogP contribution in [-0.2, 0) is 26.0 Å². The minimum atomic E-state index is -4.68. The number of halogens is 5. The van der Waals surface area contributed by atoms with E-state index < -0.39 is 59.0 Å². The summed E-state index contributed by atoms with van der Waals surface area (Å²) < 4.78 is 104. The Labute approximate surface area is 188 Å². The molecule has 1 aliphatic carbocycles. The average Bonchev–Trinajstić information content (AvgIpc) is 2.65. The van der Waals surface area contributed by atoms with E-state index in [1.54, 1.807) is 0 Å². The molecular formula is C20H20ClF4NO4S2. The van der Waals surface area contributed by atoms with Crippen LogP contribution in [0, 0.1) is 11.7 Å². The van der Waals surface area contributed by atoms with Gasteiger partial charge in [-0.2, -0.15) is 13.2 Å². The van der Waals surface area contributed by atoms with Crippen LogP contribution in [-0.4, -0.2) is 27.6 Å². The van der Waals surface area contributed by atoms with Crippen LogP contribution in [0.15, 0.2) is 52.3 Å². The number of benzene rings is 2. The zero-order valence-corrected chi connectivity index (χ0v) is 19.3. The highest BCUT2D eigenvalue weighted by Gasteiger charge is 2.49. The molecule has 0 amide bonds. The van der Waals surface area contributed by atoms with E-state index in [9.17, 15) is 34.4 Å². The van der Waals surface area contributed by atoms with Crippen LogP contribution >= 0.6 is 11.6 Å². The number of hydrogen-bond acceptors (Lipinski definition) is 4. The molecule has 5 nitrogen and oxygen atoms in total. The van der Waals surface area contributed by atoms with Gasteiger partial charge < -0.3 is 0 Å². The van der Waals surface area contributed by atoms with Gasteiger partial charge in [-0.05, 0) is 69.0 Å². The number of nitrogens with one attached hydrogen (secondary N) is 1. The van der Waals surface area contributed by atoms with E-state index >= 15 is 0 Å². The Morgan fingerprint density at radius 3 is 2.16 bits per heavy atom. The molecular weight excluding hydrogens is 494 g/mol. The maximum atomic E-state index is 13.3. The minimum Gasteiger partial charge on any atom is -0.223 e. The van der Waals surface area contributed by atoms with Crippen molar-refractivity contribution in [2.75, 3.05) is 0 Å². The summed E-state index contributed by atoms with van der Waals surface area (Å²) in [5.41, 5.74) is -1.06. The molecule has 12 heteroatoms. The second kappa shape index (κ2) is 8.27. The lowest BCUT2D eigenvalue weighted by Crippen LogP contribution is -2.53. The molecule has 1 saturated carbocycles. The van der Waals surface area contributed by atoms with Crippen molar-refractivity contribution in [3.8, 4) is 0 Å². The molecule has 0 spiro atoms. The van der Waals surface area contributed by atoms with Gasteiger partial charge in [-0.25, -0.2) is 25.9 Å². The van der Waals surface area contributed by atoms with Gasteiger partial charge in [0.15, 0.2) is 9.84 Å². The molecule has 32 heavy (non-hydrogen) atoms. The zero-order chi connectivity index (χ0) is 24.1. The van der Waals surface area contributed by atoms with E-state index in [0.717, 1.165) is 36.4 Å². The van der Waals surface area contributed by atoms with Crippen molar-refractivity contribution >= 4 is 31.5 Å². The van der Waals surface area contributed by atoms with Crippen LogP contribution in [0.5, 0.6) is 0 Å². The quantitative estimate of drug-likeness (QED) is 0.562. The van der Waals surface area contributed by atoms with E-state index in [1.807, 2.05) is 0 Å². The van der Waals surface area contributed by atoms with Gasteiger partial charge in [0.25, 0.3) is 0 Å². The molecule has 1 fully saturated rings. The van der Waals surface area contributed by atoms with Crippen molar-refractivity contribution in [1.29, 1.82) is 0 Å². The summed E-state index contributed by atoms with van der Waals surface area (Å²) in [4.78, 5) is -0.675. The molecule has 0 aliphatic heterocycles. The van der Waals surface area contributed by atoms with Crippen molar-refractivity contribution in [3.63, 3.8) is 0 Å². The first-order valence-corrected chi connectivity index (χ1v) is 12.8. The molecule has 0 saturated heterocycles. The van der Waals surface area contributed by atoms with Crippen molar-refractivity contribution in [2.24, 2.45) is 5.92 Å². The summed E-state index contributed by atoms with van der Waals surface area (Å²) in [5.74, 6) is -1.26. The highest BCUT2D eigenvalue weighted by Crippen LogP contribution is 2.44. The van der Waals surface area contributed by atoms with Crippen LogP contribution in [0.25, 0.3) is 0 Å². The molecule has 0 aromatic heterocycles. The van der Waals surface area contributed by atoms with Gasteiger partial charge in [-0.3, -0.25) is 0 Å². The summed E-state index contributed by atoms with van der Waals surface area (Å²) in [5, 5.41) is -0.354. The predicted octanol–water partition coefficient (Wildman–Crippen LogP) is 4.81. The van der Waals surface area contributed by atoms with Gasteiger partial charge in [0.2, 0.25) is 10.0 Å². The van der Waals surface area contributed by atoms with Crippen LogP contribution < -0.4 is 4.72 Å². The molecule has 176 valence electrons. The Balaban J connectivity index is 1.74. The molecule has 0 radical (unpaired) electrons. The minimum absolute atomic E-state index is 0.166. The van der Waals surface area contributed by atoms with Gasteiger partial charge in [-0.1, -0.05) is 17.7 Å². The van der Waals surface area contributed by atoms with Crippen molar-refractivity contribution < 1.29 is 34.4 Å². The van der Waals surface area contributed by atoms with Crippen LogP contribution in [0.1, 0.15) is 32.3 Å². The second-order valence-electron chi connectivity index (χ2n) is 8.19. The first-order valence-electron chi connectivity index (χ1n) is 9.45. The van der Waals surface area contributed by atoms with E-state index in [4.69, 9.17) is 11.6 Å². The second-order valence-corrected chi connectivity index (χ2v) is 12.8. The number of sulfone groups is 1. The van der Waals surface area contributed by atoms with Crippen LogP contribution in [0.3, 0.4) is 0 Å². The first kappa shape index (κ1) is 24.9. The van der Waals surface area contributed by atoms with E-state index in [1.165, 1.54) is 13.8 Å². The molecule has 3 rings (SSSR count). The number of hydrogen-bond donors (Lipinski definition) is 1. The number of alkyl halides is 3.